The molecule has 2 aliphatic rings. The fraction of sp³-hybridized carbons (Fsp3) is 0.462. The number of benzene rings is 2. The number of aromatic nitrogens is 1. The van der Waals surface area contributed by atoms with Crippen LogP contribution in [0.3, 0.4) is 0 Å². The van der Waals surface area contributed by atoms with Crippen LogP contribution in [0.15, 0.2) is 47.4 Å². The van der Waals surface area contributed by atoms with Crippen molar-refractivity contribution >= 4 is 54.2 Å². The maximum atomic E-state index is 14.1. The molecule has 1 atom stereocenters. The minimum atomic E-state index is -3.87. The average Bonchev–Trinajstić information content (AvgIpc) is 3.60. The van der Waals surface area contributed by atoms with Gasteiger partial charge in [-0.3, -0.25) is 14.6 Å². The van der Waals surface area contributed by atoms with Crippen LogP contribution in [0.4, 0.5) is 5.13 Å². The van der Waals surface area contributed by atoms with Gasteiger partial charge in [0.25, 0.3) is 0 Å². The molecule has 0 bridgehead atoms. The number of thiazole rings is 1. The number of anilines is 1. The first-order valence-electron chi connectivity index (χ1n) is 12.7. The van der Waals surface area contributed by atoms with E-state index >= 15 is 0 Å². The maximum Gasteiger partial charge on any atom is 0.247 e. The number of rotatable bonds is 9. The minimum Gasteiger partial charge on any atom is -0.497 e. The van der Waals surface area contributed by atoms with Gasteiger partial charge >= 0.3 is 0 Å². The van der Waals surface area contributed by atoms with E-state index in [2.05, 4.69) is 4.90 Å². The van der Waals surface area contributed by atoms with Crippen LogP contribution in [0.2, 0.25) is 5.02 Å². The second kappa shape index (κ2) is 11.8. The van der Waals surface area contributed by atoms with Gasteiger partial charge in [-0.15, -0.1) is 0 Å². The Bertz CT molecular complexity index is 1380. The molecule has 2 aromatic carbocycles. The van der Waals surface area contributed by atoms with Gasteiger partial charge in [-0.1, -0.05) is 29.0 Å². The molecule has 2 aliphatic heterocycles. The highest BCUT2D eigenvalue weighted by atomic mass is 35.5. The third-order valence-corrected chi connectivity index (χ3v) is 10.2. The van der Waals surface area contributed by atoms with Gasteiger partial charge in [0.15, 0.2) is 5.13 Å². The Labute approximate surface area is 231 Å². The van der Waals surface area contributed by atoms with E-state index in [4.69, 9.17) is 26.1 Å². The number of nitrogens with zero attached hydrogens (tertiary/aromatic N) is 4. The lowest BCUT2D eigenvalue weighted by atomic mass is 10.2. The molecule has 12 heteroatoms. The Kier molecular flexibility index (Phi) is 8.51. The van der Waals surface area contributed by atoms with Crippen LogP contribution in [0, 0.1) is 0 Å². The molecule has 3 aromatic rings. The molecule has 38 heavy (non-hydrogen) atoms. The number of halogens is 1. The number of hydrogen-bond acceptors (Lipinski definition) is 8. The van der Waals surface area contributed by atoms with Gasteiger partial charge in [0, 0.05) is 32.7 Å². The van der Waals surface area contributed by atoms with E-state index in [1.165, 1.54) is 34.9 Å². The van der Waals surface area contributed by atoms with E-state index in [0.29, 0.717) is 54.0 Å². The second-order valence-corrected chi connectivity index (χ2v) is 12.6. The zero-order valence-corrected chi connectivity index (χ0v) is 23.6. The third-order valence-electron chi connectivity index (χ3n) is 6.97. The Morgan fingerprint density at radius 1 is 1.18 bits per heavy atom. The van der Waals surface area contributed by atoms with Gasteiger partial charge in [-0.25, -0.2) is 13.4 Å². The molecule has 0 N–H and O–H groups in total. The highest BCUT2D eigenvalue weighted by molar-refractivity contribution is 7.89. The molecule has 0 saturated carbocycles. The molecule has 1 amide bonds. The van der Waals surface area contributed by atoms with Crippen molar-refractivity contribution in [1.29, 1.82) is 0 Å². The maximum absolute atomic E-state index is 14.1. The van der Waals surface area contributed by atoms with E-state index in [-0.39, 0.29) is 17.3 Å². The number of sulfonamides is 1. The van der Waals surface area contributed by atoms with Crippen LogP contribution in [0.5, 0.6) is 5.75 Å². The van der Waals surface area contributed by atoms with E-state index in [1.807, 2.05) is 12.1 Å². The number of ether oxygens (including phenoxy) is 2. The molecular formula is C26H31ClN4O5S2. The van der Waals surface area contributed by atoms with E-state index < -0.39 is 16.1 Å². The minimum absolute atomic E-state index is 0.142. The van der Waals surface area contributed by atoms with Gasteiger partial charge in [0.2, 0.25) is 15.9 Å². The molecule has 2 saturated heterocycles. The topological polar surface area (TPSA) is 92.3 Å². The van der Waals surface area contributed by atoms with Crippen molar-refractivity contribution in [2.45, 2.75) is 30.2 Å². The summed E-state index contributed by atoms with van der Waals surface area (Å²) in [4.78, 5) is 22.9. The first kappa shape index (κ1) is 27.3. The number of carbonyl (C=O) groups excluding carboxylic acids is 1. The van der Waals surface area contributed by atoms with E-state index in [9.17, 15) is 13.2 Å². The summed E-state index contributed by atoms with van der Waals surface area (Å²) in [6.07, 6.45) is 1.80. The monoisotopic (exact) mass is 578 g/mol. The Hall–Kier alpha value is -2.28. The first-order valence-corrected chi connectivity index (χ1v) is 15.3. The Morgan fingerprint density at radius 3 is 2.66 bits per heavy atom. The molecule has 0 aliphatic carbocycles. The van der Waals surface area contributed by atoms with Gasteiger partial charge in [-0.2, -0.15) is 4.31 Å². The number of amides is 1. The molecule has 5 rings (SSSR count). The number of para-hydroxylation sites is 1. The van der Waals surface area contributed by atoms with Crippen LogP contribution in [-0.2, 0) is 19.6 Å². The van der Waals surface area contributed by atoms with Crippen LogP contribution in [0.1, 0.15) is 19.3 Å². The molecule has 204 valence electrons. The molecule has 9 nitrogen and oxygen atoms in total. The molecule has 3 heterocycles. The summed E-state index contributed by atoms with van der Waals surface area (Å²) in [7, 11) is -2.34. The quantitative estimate of drug-likeness (QED) is 0.381. The molecule has 1 aromatic heterocycles. The fourth-order valence-corrected chi connectivity index (χ4v) is 7.88. The fourth-order valence-electron chi connectivity index (χ4n) is 4.93. The smallest absolute Gasteiger partial charge is 0.247 e. The third kappa shape index (κ3) is 5.68. The largest absolute Gasteiger partial charge is 0.497 e. The van der Waals surface area contributed by atoms with Crippen molar-refractivity contribution in [3.05, 3.63) is 47.5 Å². The summed E-state index contributed by atoms with van der Waals surface area (Å²) in [5, 5.41) is 1.06. The van der Waals surface area contributed by atoms with Gasteiger partial charge in [0.1, 0.15) is 17.3 Å². The predicted octanol–water partition coefficient (Wildman–Crippen LogP) is 3.87. The average molecular weight is 579 g/mol. The van der Waals surface area contributed by atoms with E-state index in [1.54, 1.807) is 23.1 Å². The van der Waals surface area contributed by atoms with Gasteiger partial charge in [0.05, 0.1) is 34.9 Å². The standard InChI is InChI=1S/C26H31ClN4O5S2/c1-35-19-8-10-20(11-9-19)38(33,34)31-14-3-6-22(31)25(32)30(13-4-12-29-15-17-36-18-16-29)26-28-24-21(27)5-2-7-23(24)37-26/h2,5,7-11,22H,3-4,6,12-18H2,1H3. The predicted molar refractivity (Wildman–Crippen MR) is 149 cm³/mol. The first-order chi connectivity index (χ1) is 18.4. The zero-order chi connectivity index (χ0) is 26.7. The summed E-state index contributed by atoms with van der Waals surface area (Å²) in [6.45, 7) is 4.68. The molecular weight excluding hydrogens is 548 g/mol. The summed E-state index contributed by atoms with van der Waals surface area (Å²) < 4.78 is 40.0. The number of methoxy groups -OCH3 is 1. The van der Waals surface area contributed by atoms with Crippen LogP contribution in [0.25, 0.3) is 10.2 Å². The lowest BCUT2D eigenvalue weighted by Gasteiger charge is -2.30. The Balaban J connectivity index is 1.41. The Morgan fingerprint density at radius 2 is 1.95 bits per heavy atom. The highest BCUT2D eigenvalue weighted by Crippen LogP contribution is 2.35. The number of hydrogen-bond donors (Lipinski definition) is 0. The van der Waals surface area contributed by atoms with Gasteiger partial charge < -0.3 is 9.47 Å². The number of fused-ring (bicyclic) bond motifs is 1. The number of morpholine rings is 1. The van der Waals surface area contributed by atoms with Crippen molar-refractivity contribution in [3.63, 3.8) is 0 Å². The van der Waals surface area contributed by atoms with Crippen molar-refractivity contribution in [2.24, 2.45) is 0 Å². The van der Waals surface area contributed by atoms with Crippen LogP contribution >= 0.6 is 22.9 Å². The lowest BCUT2D eigenvalue weighted by molar-refractivity contribution is -0.121. The summed E-state index contributed by atoms with van der Waals surface area (Å²) in [5.74, 6) is 0.315. The van der Waals surface area contributed by atoms with Crippen molar-refractivity contribution in [2.75, 3.05) is 57.9 Å². The van der Waals surface area contributed by atoms with Crippen LogP contribution in [-0.4, -0.2) is 87.6 Å². The second-order valence-electron chi connectivity index (χ2n) is 9.33. The lowest BCUT2D eigenvalue weighted by Crippen LogP contribution is -2.48. The summed E-state index contributed by atoms with van der Waals surface area (Å²) in [6, 6.07) is 11.0. The molecule has 0 radical (unpaired) electrons. The SMILES string of the molecule is COc1ccc(S(=O)(=O)N2CCCC2C(=O)N(CCCN2CCOCC2)c2nc3c(Cl)cccc3s2)cc1. The van der Waals surface area contributed by atoms with E-state index in [0.717, 1.165) is 30.8 Å². The molecule has 2 fully saturated rings. The normalized spacial score (nSPS) is 19.2. The highest BCUT2D eigenvalue weighted by Gasteiger charge is 2.42. The van der Waals surface area contributed by atoms with Crippen LogP contribution < -0.4 is 9.64 Å². The van der Waals surface area contributed by atoms with Crippen molar-refractivity contribution in [3.8, 4) is 5.75 Å². The zero-order valence-electron chi connectivity index (χ0n) is 21.2. The van der Waals surface area contributed by atoms with Gasteiger partial charge in [-0.05, 0) is 55.7 Å². The summed E-state index contributed by atoms with van der Waals surface area (Å²) in [5.41, 5.74) is 0.647. The molecule has 0 spiro atoms. The van der Waals surface area contributed by atoms with Crippen molar-refractivity contribution in [1.82, 2.24) is 14.2 Å². The van der Waals surface area contributed by atoms with Crippen molar-refractivity contribution < 1.29 is 22.7 Å². The molecule has 1 unspecified atom stereocenters. The number of carbonyl (C=O) groups is 1. The summed E-state index contributed by atoms with van der Waals surface area (Å²) >= 11 is 7.78.